The molecular formula is C3H10NO6PS. The van der Waals surface area contributed by atoms with Crippen LogP contribution in [0, 0.1) is 0 Å². The molecule has 0 radical (unpaired) electrons. The van der Waals surface area contributed by atoms with Crippen molar-refractivity contribution in [2.24, 2.45) is 0 Å². The van der Waals surface area contributed by atoms with Crippen LogP contribution in [0.15, 0.2) is 0 Å². The normalized spacial score (nSPS) is 13.2. The number of hydrogen-bond donors (Lipinski definition) is 4. The fourth-order valence-electron chi connectivity index (χ4n) is 0.426. The Bertz CT molecular complexity index is 267. The Labute approximate surface area is 69.7 Å². The molecule has 74 valence electrons. The second-order valence-corrected chi connectivity index (χ2v) is 5.33. The molecule has 0 aromatic carbocycles. The molecule has 0 aliphatic heterocycles. The Balaban J connectivity index is 3.55. The maximum Gasteiger partial charge on any atom is 0.339 e. The Morgan fingerprint density at radius 3 is 2.17 bits per heavy atom. The van der Waals surface area contributed by atoms with E-state index in [1.807, 2.05) is 0 Å². The van der Waals surface area contributed by atoms with Gasteiger partial charge in [0.05, 0.1) is 12.0 Å². The van der Waals surface area contributed by atoms with Gasteiger partial charge in [-0.25, -0.2) is 0 Å². The van der Waals surface area contributed by atoms with Gasteiger partial charge >= 0.3 is 7.60 Å². The first-order valence-corrected chi connectivity index (χ1v) is 6.32. The lowest BCUT2D eigenvalue weighted by Gasteiger charge is -2.04. The average molecular weight is 219 g/mol. The Morgan fingerprint density at radius 1 is 1.33 bits per heavy atom. The molecule has 0 saturated carbocycles. The number of nitrogens with one attached hydrogen (secondary N) is 1. The third kappa shape index (κ3) is 10.0. The smallest absolute Gasteiger partial charge is 0.324 e. The van der Waals surface area contributed by atoms with Crippen LogP contribution in [-0.4, -0.2) is 41.3 Å². The molecule has 0 heterocycles. The van der Waals surface area contributed by atoms with Gasteiger partial charge in [0.2, 0.25) is 0 Å². The molecular weight excluding hydrogens is 209 g/mol. The highest BCUT2D eigenvalue weighted by atomic mass is 32.2. The monoisotopic (exact) mass is 219 g/mol. The summed E-state index contributed by atoms with van der Waals surface area (Å²) in [4.78, 5) is 16.6. The van der Waals surface area contributed by atoms with E-state index in [0.717, 1.165) is 0 Å². The lowest BCUT2D eigenvalue weighted by molar-refractivity contribution is 0.368. The lowest BCUT2D eigenvalue weighted by atomic mass is 10.8. The van der Waals surface area contributed by atoms with Gasteiger partial charge in [-0.3, -0.25) is 9.12 Å². The molecule has 7 nitrogen and oxygen atoms in total. The summed E-state index contributed by atoms with van der Waals surface area (Å²) in [5.74, 6) is -0.562. The Kier molecular flexibility index (Phi) is 4.32. The first-order valence-electron chi connectivity index (χ1n) is 2.91. The highest BCUT2D eigenvalue weighted by molar-refractivity contribution is 7.85. The zero-order valence-corrected chi connectivity index (χ0v) is 7.75. The van der Waals surface area contributed by atoms with Crippen LogP contribution in [-0.2, 0) is 14.7 Å². The van der Waals surface area contributed by atoms with E-state index in [4.69, 9.17) is 14.3 Å². The third-order valence-electron chi connectivity index (χ3n) is 0.855. The molecule has 0 bridgehead atoms. The van der Waals surface area contributed by atoms with Crippen molar-refractivity contribution in [3.05, 3.63) is 0 Å². The Morgan fingerprint density at radius 2 is 1.83 bits per heavy atom. The van der Waals surface area contributed by atoms with Gasteiger partial charge in [0, 0.05) is 6.54 Å². The quantitative estimate of drug-likeness (QED) is 0.254. The van der Waals surface area contributed by atoms with E-state index in [0.29, 0.717) is 0 Å². The standard InChI is InChI=1S/C3H10NO6PS/c5-11(6,7)3-4-1-2-12(8,9)10/h4H,1-3H2,(H2,5,6,7)(H,8,9,10). The largest absolute Gasteiger partial charge is 0.339 e. The second kappa shape index (κ2) is 4.31. The van der Waals surface area contributed by atoms with Gasteiger partial charge in [0.15, 0.2) is 0 Å². The molecule has 0 aromatic rings. The summed E-state index contributed by atoms with van der Waals surface area (Å²) in [7, 11) is -8.19. The van der Waals surface area contributed by atoms with Crippen molar-refractivity contribution < 1.29 is 27.3 Å². The van der Waals surface area contributed by atoms with E-state index < -0.39 is 29.8 Å². The van der Waals surface area contributed by atoms with Crippen molar-refractivity contribution >= 4 is 17.7 Å². The summed E-state index contributed by atoms with van der Waals surface area (Å²) < 4.78 is 38.5. The predicted molar refractivity (Wildman–Crippen MR) is 41.3 cm³/mol. The van der Waals surface area contributed by atoms with Crippen molar-refractivity contribution in [2.75, 3.05) is 18.6 Å². The lowest BCUT2D eigenvalue weighted by Crippen LogP contribution is -2.23. The first kappa shape index (κ1) is 12.0. The SMILES string of the molecule is O=P(O)(O)CNCCS(=O)(=O)O. The highest BCUT2D eigenvalue weighted by Gasteiger charge is 2.12. The highest BCUT2D eigenvalue weighted by Crippen LogP contribution is 2.31. The molecule has 0 saturated heterocycles. The molecule has 0 atom stereocenters. The summed E-state index contributed by atoms with van der Waals surface area (Å²) in [6, 6.07) is 0. The van der Waals surface area contributed by atoms with E-state index in [-0.39, 0.29) is 6.54 Å². The molecule has 0 unspecified atom stereocenters. The fraction of sp³-hybridized carbons (Fsp3) is 1.00. The van der Waals surface area contributed by atoms with Crippen LogP contribution in [0.25, 0.3) is 0 Å². The van der Waals surface area contributed by atoms with Crippen LogP contribution in [0.1, 0.15) is 0 Å². The molecule has 9 heteroatoms. The van der Waals surface area contributed by atoms with Gasteiger partial charge in [-0.1, -0.05) is 0 Å². The van der Waals surface area contributed by atoms with Crippen LogP contribution in [0.4, 0.5) is 0 Å². The van der Waals surface area contributed by atoms with Gasteiger partial charge in [-0.05, 0) is 0 Å². The molecule has 4 N–H and O–H groups in total. The molecule has 0 aliphatic rings. The van der Waals surface area contributed by atoms with Crippen LogP contribution < -0.4 is 5.32 Å². The van der Waals surface area contributed by atoms with Crippen LogP contribution in [0.2, 0.25) is 0 Å². The third-order valence-corrected chi connectivity index (χ3v) is 2.21. The summed E-state index contributed by atoms with van der Waals surface area (Å²) in [5, 5.41) is 2.18. The molecule has 0 aromatic heterocycles. The van der Waals surface area contributed by atoms with E-state index in [2.05, 4.69) is 5.32 Å². The zero-order valence-electron chi connectivity index (χ0n) is 6.04. The molecule has 0 fully saturated rings. The minimum atomic E-state index is -4.14. The van der Waals surface area contributed by atoms with Crippen LogP contribution in [0.5, 0.6) is 0 Å². The molecule has 12 heavy (non-hydrogen) atoms. The van der Waals surface area contributed by atoms with Gasteiger partial charge in [-0.15, -0.1) is 0 Å². The Hall–Kier alpha value is 0.0200. The second-order valence-electron chi connectivity index (χ2n) is 2.11. The summed E-state index contributed by atoms with van der Waals surface area (Å²) in [5.41, 5.74) is 0. The topological polar surface area (TPSA) is 124 Å². The van der Waals surface area contributed by atoms with Crippen LogP contribution >= 0.6 is 7.60 Å². The van der Waals surface area contributed by atoms with Crippen molar-refractivity contribution in [3.63, 3.8) is 0 Å². The van der Waals surface area contributed by atoms with Crippen LogP contribution in [0.3, 0.4) is 0 Å². The van der Waals surface area contributed by atoms with Crippen molar-refractivity contribution in [1.82, 2.24) is 5.32 Å². The van der Waals surface area contributed by atoms with Gasteiger partial charge in [-0.2, -0.15) is 8.42 Å². The first-order chi connectivity index (χ1) is 5.21. The summed E-state index contributed by atoms with van der Waals surface area (Å²) in [6.07, 6.45) is -0.595. The molecule has 0 spiro atoms. The number of hydrogen-bond acceptors (Lipinski definition) is 4. The minimum absolute atomic E-state index is 0.191. The maximum absolute atomic E-state index is 10.2. The van der Waals surface area contributed by atoms with Crippen molar-refractivity contribution in [1.29, 1.82) is 0 Å². The van der Waals surface area contributed by atoms with E-state index in [9.17, 15) is 13.0 Å². The fourth-order valence-corrected chi connectivity index (χ4v) is 1.28. The van der Waals surface area contributed by atoms with Crippen molar-refractivity contribution in [3.8, 4) is 0 Å². The molecule has 0 amide bonds. The average Bonchev–Trinajstić information content (AvgIpc) is 1.76. The maximum atomic E-state index is 10.2. The van der Waals surface area contributed by atoms with Gasteiger partial charge in [0.25, 0.3) is 10.1 Å². The predicted octanol–water partition coefficient (Wildman–Crippen LogP) is -1.40. The van der Waals surface area contributed by atoms with E-state index in [1.165, 1.54) is 0 Å². The molecule has 0 rings (SSSR count). The van der Waals surface area contributed by atoms with E-state index >= 15 is 0 Å². The zero-order chi connectivity index (χ0) is 9.83. The molecule has 0 aliphatic carbocycles. The summed E-state index contributed by atoms with van der Waals surface area (Å²) >= 11 is 0. The number of rotatable bonds is 5. The minimum Gasteiger partial charge on any atom is -0.324 e. The summed E-state index contributed by atoms with van der Waals surface area (Å²) in [6.45, 7) is -0.191. The van der Waals surface area contributed by atoms with E-state index in [1.54, 1.807) is 0 Å². The van der Waals surface area contributed by atoms with Gasteiger partial charge in [0.1, 0.15) is 0 Å². The van der Waals surface area contributed by atoms with Crippen molar-refractivity contribution in [2.45, 2.75) is 0 Å². The van der Waals surface area contributed by atoms with Gasteiger partial charge < -0.3 is 15.1 Å².